The van der Waals surface area contributed by atoms with Crippen molar-refractivity contribution >= 4 is 34.2 Å². The summed E-state index contributed by atoms with van der Waals surface area (Å²) in [4.78, 5) is 4.82. The number of hydrogen-bond acceptors (Lipinski definition) is 2. The van der Waals surface area contributed by atoms with Crippen LogP contribution in [0, 0.1) is 0 Å². The number of benzene rings is 2. The summed E-state index contributed by atoms with van der Waals surface area (Å²) in [5.74, 6) is 1.11. The average molecular weight is 362 g/mol. The van der Waals surface area contributed by atoms with E-state index in [-0.39, 0.29) is 0 Å². The summed E-state index contributed by atoms with van der Waals surface area (Å²) in [6.45, 7) is 1.49. The minimum absolute atomic E-state index is 0.581. The molecule has 0 saturated heterocycles. The van der Waals surface area contributed by atoms with Gasteiger partial charge in [-0.05, 0) is 49.2 Å². The molecule has 2 N–H and O–H groups in total. The molecule has 0 bridgehead atoms. The van der Waals surface area contributed by atoms with E-state index in [0.717, 1.165) is 61.2 Å². The van der Waals surface area contributed by atoms with Crippen molar-refractivity contribution in [1.29, 1.82) is 0 Å². The molecule has 24 heavy (non-hydrogen) atoms. The maximum atomic E-state index is 6.16. The van der Waals surface area contributed by atoms with Crippen molar-refractivity contribution in [2.75, 3.05) is 6.54 Å². The van der Waals surface area contributed by atoms with Crippen molar-refractivity contribution < 1.29 is 0 Å². The molecule has 3 rings (SSSR count). The summed E-state index contributed by atoms with van der Waals surface area (Å²) in [6.07, 6.45) is 4.25. The number of aromatic nitrogens is 2. The van der Waals surface area contributed by atoms with Crippen LogP contribution >= 0.6 is 23.2 Å². The first-order valence-electron chi connectivity index (χ1n) is 8.27. The number of nitrogens with zero attached hydrogens (tertiary/aromatic N) is 2. The predicted molar refractivity (Wildman–Crippen MR) is 102 cm³/mol. The van der Waals surface area contributed by atoms with E-state index in [1.165, 1.54) is 0 Å². The summed E-state index contributed by atoms with van der Waals surface area (Å²) in [5, 5.41) is 1.17. The summed E-state index contributed by atoms with van der Waals surface area (Å²) >= 11 is 12.2. The molecule has 2 aromatic carbocycles. The zero-order valence-corrected chi connectivity index (χ0v) is 15.0. The molecule has 0 amide bonds. The van der Waals surface area contributed by atoms with Gasteiger partial charge in [0.25, 0.3) is 0 Å². The summed E-state index contributed by atoms with van der Waals surface area (Å²) < 4.78 is 2.28. The lowest BCUT2D eigenvalue weighted by atomic mass is 10.1. The molecule has 0 spiro atoms. The zero-order chi connectivity index (χ0) is 16.9. The normalized spacial score (nSPS) is 11.3. The SMILES string of the molecule is NCCCCCc1nc2ccccc2n1Cc1ccc(Cl)c(Cl)c1. The Labute approximate surface area is 152 Å². The molecule has 3 aromatic rings. The second kappa shape index (κ2) is 8.02. The average Bonchev–Trinajstić information content (AvgIpc) is 2.93. The highest BCUT2D eigenvalue weighted by Gasteiger charge is 2.11. The minimum Gasteiger partial charge on any atom is -0.330 e. The van der Waals surface area contributed by atoms with Gasteiger partial charge in [-0.3, -0.25) is 0 Å². The molecule has 0 atom stereocenters. The van der Waals surface area contributed by atoms with Gasteiger partial charge in [0, 0.05) is 13.0 Å². The van der Waals surface area contributed by atoms with Crippen LogP contribution in [0.2, 0.25) is 10.0 Å². The fraction of sp³-hybridized carbons (Fsp3) is 0.316. The molecule has 1 aromatic heterocycles. The molecular formula is C19H21Cl2N3. The molecule has 0 aliphatic heterocycles. The highest BCUT2D eigenvalue weighted by Crippen LogP contribution is 2.25. The highest BCUT2D eigenvalue weighted by molar-refractivity contribution is 6.42. The number of halogens is 2. The molecule has 3 nitrogen and oxygen atoms in total. The fourth-order valence-electron chi connectivity index (χ4n) is 2.92. The molecule has 5 heteroatoms. The number of aryl methyl sites for hydroxylation is 1. The second-order valence-corrected chi connectivity index (χ2v) is 6.77. The third-order valence-corrected chi connectivity index (χ3v) is 4.90. The topological polar surface area (TPSA) is 43.8 Å². The van der Waals surface area contributed by atoms with Gasteiger partial charge in [-0.1, -0.05) is 47.8 Å². The van der Waals surface area contributed by atoms with Crippen molar-refractivity contribution in [3.8, 4) is 0 Å². The first-order valence-corrected chi connectivity index (χ1v) is 9.03. The van der Waals surface area contributed by atoms with Crippen LogP contribution in [0.5, 0.6) is 0 Å². The molecule has 0 aliphatic carbocycles. The molecule has 126 valence electrons. The largest absolute Gasteiger partial charge is 0.330 e. The van der Waals surface area contributed by atoms with Gasteiger partial charge in [0.1, 0.15) is 5.82 Å². The smallest absolute Gasteiger partial charge is 0.110 e. The Kier molecular flexibility index (Phi) is 5.77. The Morgan fingerprint density at radius 3 is 2.58 bits per heavy atom. The van der Waals surface area contributed by atoms with E-state index >= 15 is 0 Å². The van der Waals surface area contributed by atoms with Crippen molar-refractivity contribution in [1.82, 2.24) is 9.55 Å². The van der Waals surface area contributed by atoms with Crippen LogP contribution in [0.15, 0.2) is 42.5 Å². The van der Waals surface area contributed by atoms with Crippen LogP contribution in [0.1, 0.15) is 30.7 Å². The molecule has 0 unspecified atom stereocenters. The van der Waals surface area contributed by atoms with E-state index in [2.05, 4.69) is 16.7 Å². The summed E-state index contributed by atoms with van der Waals surface area (Å²) in [5.41, 5.74) is 8.89. The Morgan fingerprint density at radius 1 is 0.958 bits per heavy atom. The van der Waals surface area contributed by atoms with Crippen molar-refractivity contribution in [3.05, 3.63) is 63.9 Å². The van der Waals surface area contributed by atoms with E-state index in [4.69, 9.17) is 33.9 Å². The van der Waals surface area contributed by atoms with Crippen LogP contribution in [0.25, 0.3) is 11.0 Å². The Bertz CT molecular complexity index is 827. The van der Waals surface area contributed by atoms with Gasteiger partial charge in [-0.15, -0.1) is 0 Å². The van der Waals surface area contributed by atoms with Gasteiger partial charge < -0.3 is 10.3 Å². The zero-order valence-electron chi connectivity index (χ0n) is 13.5. The van der Waals surface area contributed by atoms with E-state index in [1.54, 1.807) is 0 Å². The molecule has 0 fully saturated rings. The van der Waals surface area contributed by atoms with Gasteiger partial charge in [-0.2, -0.15) is 0 Å². The van der Waals surface area contributed by atoms with Crippen molar-refractivity contribution in [2.45, 2.75) is 32.2 Å². The van der Waals surface area contributed by atoms with E-state index in [0.29, 0.717) is 10.0 Å². The van der Waals surface area contributed by atoms with Gasteiger partial charge in [0.15, 0.2) is 0 Å². The Hall–Kier alpha value is -1.55. The maximum absolute atomic E-state index is 6.16. The van der Waals surface area contributed by atoms with Crippen LogP contribution in [0.3, 0.4) is 0 Å². The maximum Gasteiger partial charge on any atom is 0.110 e. The van der Waals surface area contributed by atoms with Crippen LogP contribution < -0.4 is 5.73 Å². The number of nitrogens with two attached hydrogens (primary N) is 1. The third-order valence-electron chi connectivity index (χ3n) is 4.16. The van der Waals surface area contributed by atoms with Crippen molar-refractivity contribution in [3.63, 3.8) is 0 Å². The number of hydrogen-bond donors (Lipinski definition) is 1. The van der Waals surface area contributed by atoms with Gasteiger partial charge in [0.2, 0.25) is 0 Å². The standard InChI is InChI=1S/C19H21Cl2N3/c20-15-10-9-14(12-16(15)21)13-24-18-7-4-3-6-17(18)23-19(24)8-2-1-5-11-22/h3-4,6-7,9-10,12H,1-2,5,8,11,13,22H2. The number of unbranched alkanes of at least 4 members (excludes halogenated alkanes) is 2. The number of fused-ring (bicyclic) bond motifs is 1. The van der Waals surface area contributed by atoms with E-state index in [9.17, 15) is 0 Å². The lowest BCUT2D eigenvalue weighted by Gasteiger charge is -2.10. The van der Waals surface area contributed by atoms with Crippen LogP contribution in [0.4, 0.5) is 0 Å². The second-order valence-electron chi connectivity index (χ2n) is 5.95. The highest BCUT2D eigenvalue weighted by atomic mass is 35.5. The first-order chi connectivity index (χ1) is 11.7. The number of imidazole rings is 1. The fourth-order valence-corrected chi connectivity index (χ4v) is 3.24. The number of para-hydroxylation sites is 2. The van der Waals surface area contributed by atoms with Gasteiger partial charge in [0.05, 0.1) is 21.1 Å². The van der Waals surface area contributed by atoms with Crippen LogP contribution in [-0.2, 0) is 13.0 Å². The quantitative estimate of drug-likeness (QED) is 0.597. The first kappa shape index (κ1) is 17.3. The van der Waals surface area contributed by atoms with Gasteiger partial charge >= 0.3 is 0 Å². The molecule has 0 aliphatic rings. The lowest BCUT2D eigenvalue weighted by Crippen LogP contribution is -2.06. The monoisotopic (exact) mass is 361 g/mol. The summed E-state index contributed by atoms with van der Waals surface area (Å²) in [6, 6.07) is 14.0. The summed E-state index contributed by atoms with van der Waals surface area (Å²) in [7, 11) is 0. The Balaban J connectivity index is 1.90. The van der Waals surface area contributed by atoms with Crippen LogP contribution in [-0.4, -0.2) is 16.1 Å². The van der Waals surface area contributed by atoms with Crippen molar-refractivity contribution in [2.24, 2.45) is 5.73 Å². The van der Waals surface area contributed by atoms with Gasteiger partial charge in [-0.25, -0.2) is 4.98 Å². The third kappa shape index (κ3) is 3.92. The molecule has 0 radical (unpaired) electrons. The molecule has 0 saturated carbocycles. The minimum atomic E-state index is 0.581. The lowest BCUT2D eigenvalue weighted by molar-refractivity contribution is 0.644. The number of rotatable bonds is 7. The van der Waals surface area contributed by atoms with E-state index < -0.39 is 0 Å². The Morgan fingerprint density at radius 2 is 1.79 bits per heavy atom. The predicted octanol–water partition coefficient (Wildman–Crippen LogP) is 5.06. The van der Waals surface area contributed by atoms with E-state index in [1.807, 2.05) is 30.3 Å². The molecule has 1 heterocycles. The molecular weight excluding hydrogens is 341 g/mol.